The molecule has 1 aliphatic rings. The summed E-state index contributed by atoms with van der Waals surface area (Å²) in [4.78, 5) is 25.2. The maximum Gasteiger partial charge on any atom is 0.239 e. The molecule has 2 amide bonds. The molecule has 0 bridgehead atoms. The summed E-state index contributed by atoms with van der Waals surface area (Å²) in [6, 6.07) is -0.0283. The second-order valence-electron chi connectivity index (χ2n) is 5.55. The molecule has 5 nitrogen and oxygen atoms in total. The molecular weight excluding hydrogens is 230 g/mol. The Kier molecular flexibility index (Phi) is 5.59. The third kappa shape index (κ3) is 4.64. The van der Waals surface area contributed by atoms with Gasteiger partial charge in [0.15, 0.2) is 0 Å². The maximum absolute atomic E-state index is 12.1. The standard InChI is InChI=1S/C13H25N3O2/c1-9(2)15-12(17)8-16(4)13(18)11-7-10(3)5-6-14-11/h9-11,14H,5-8H2,1-4H3,(H,15,17). The van der Waals surface area contributed by atoms with Crippen LogP contribution in [0.15, 0.2) is 0 Å². The first-order valence-corrected chi connectivity index (χ1v) is 6.68. The largest absolute Gasteiger partial charge is 0.352 e. The van der Waals surface area contributed by atoms with Crippen LogP contribution in [0.2, 0.25) is 0 Å². The lowest BCUT2D eigenvalue weighted by Crippen LogP contribution is -2.51. The van der Waals surface area contributed by atoms with Crippen molar-refractivity contribution in [3.63, 3.8) is 0 Å². The SMILES string of the molecule is CC1CCNC(C(=O)N(C)CC(=O)NC(C)C)C1. The van der Waals surface area contributed by atoms with Gasteiger partial charge in [0.1, 0.15) is 0 Å². The lowest BCUT2D eigenvalue weighted by atomic mass is 9.93. The van der Waals surface area contributed by atoms with Crippen molar-refractivity contribution in [2.45, 2.75) is 45.7 Å². The number of amides is 2. The molecule has 0 spiro atoms. The molecule has 0 aromatic rings. The van der Waals surface area contributed by atoms with Crippen molar-refractivity contribution in [2.75, 3.05) is 20.1 Å². The van der Waals surface area contributed by atoms with E-state index in [1.54, 1.807) is 7.05 Å². The predicted octanol–water partition coefficient (Wildman–Crippen LogP) is 0.358. The van der Waals surface area contributed by atoms with Crippen LogP contribution in [-0.2, 0) is 9.59 Å². The minimum Gasteiger partial charge on any atom is -0.352 e. The summed E-state index contributed by atoms with van der Waals surface area (Å²) in [6.07, 6.45) is 1.97. The second-order valence-corrected chi connectivity index (χ2v) is 5.55. The smallest absolute Gasteiger partial charge is 0.239 e. The van der Waals surface area contributed by atoms with Crippen LogP contribution in [0.4, 0.5) is 0 Å². The van der Waals surface area contributed by atoms with E-state index in [-0.39, 0.29) is 30.4 Å². The number of piperidine rings is 1. The highest BCUT2D eigenvalue weighted by Crippen LogP contribution is 2.16. The Bertz CT molecular complexity index is 305. The van der Waals surface area contributed by atoms with Gasteiger partial charge in [0, 0.05) is 13.1 Å². The summed E-state index contributed by atoms with van der Waals surface area (Å²) in [5, 5.41) is 6.01. The van der Waals surface area contributed by atoms with E-state index in [9.17, 15) is 9.59 Å². The normalized spacial score (nSPS) is 23.8. The van der Waals surface area contributed by atoms with E-state index in [0.717, 1.165) is 19.4 Å². The van der Waals surface area contributed by atoms with Crippen molar-refractivity contribution in [1.82, 2.24) is 15.5 Å². The van der Waals surface area contributed by atoms with Crippen LogP contribution < -0.4 is 10.6 Å². The lowest BCUT2D eigenvalue weighted by molar-refractivity contribution is -0.137. The van der Waals surface area contributed by atoms with Gasteiger partial charge in [0.05, 0.1) is 12.6 Å². The van der Waals surface area contributed by atoms with Crippen LogP contribution in [0, 0.1) is 5.92 Å². The topological polar surface area (TPSA) is 61.4 Å². The third-order valence-corrected chi connectivity index (χ3v) is 3.17. The number of carbonyl (C=O) groups is 2. The highest BCUT2D eigenvalue weighted by atomic mass is 16.2. The fourth-order valence-electron chi connectivity index (χ4n) is 2.22. The van der Waals surface area contributed by atoms with Crippen molar-refractivity contribution in [2.24, 2.45) is 5.92 Å². The zero-order valence-electron chi connectivity index (χ0n) is 11.8. The molecule has 0 saturated carbocycles. The zero-order valence-corrected chi connectivity index (χ0v) is 11.8. The molecule has 5 heteroatoms. The number of rotatable bonds is 4. The number of likely N-dealkylation sites (N-methyl/N-ethyl adjacent to an activating group) is 1. The van der Waals surface area contributed by atoms with Gasteiger partial charge in [-0.3, -0.25) is 9.59 Å². The fraction of sp³-hybridized carbons (Fsp3) is 0.846. The maximum atomic E-state index is 12.1. The van der Waals surface area contributed by atoms with Gasteiger partial charge in [-0.1, -0.05) is 6.92 Å². The molecule has 2 N–H and O–H groups in total. The predicted molar refractivity (Wildman–Crippen MR) is 71.1 cm³/mol. The fourth-order valence-corrected chi connectivity index (χ4v) is 2.22. The number of carbonyl (C=O) groups excluding carboxylic acids is 2. The van der Waals surface area contributed by atoms with E-state index in [1.807, 2.05) is 13.8 Å². The van der Waals surface area contributed by atoms with Crippen LogP contribution in [0.5, 0.6) is 0 Å². The van der Waals surface area contributed by atoms with Crippen LogP contribution in [0.25, 0.3) is 0 Å². The summed E-state index contributed by atoms with van der Waals surface area (Å²) >= 11 is 0. The molecule has 0 radical (unpaired) electrons. The van der Waals surface area contributed by atoms with Gasteiger partial charge in [-0.15, -0.1) is 0 Å². The van der Waals surface area contributed by atoms with Crippen molar-refractivity contribution in [1.29, 1.82) is 0 Å². The first kappa shape index (κ1) is 15.0. The number of hydrogen-bond donors (Lipinski definition) is 2. The molecule has 104 valence electrons. The van der Waals surface area contributed by atoms with E-state index in [4.69, 9.17) is 0 Å². The minimum atomic E-state index is -0.134. The Morgan fingerprint density at radius 3 is 2.67 bits per heavy atom. The molecule has 0 aliphatic carbocycles. The van der Waals surface area contributed by atoms with Gasteiger partial charge in [-0.05, 0) is 39.2 Å². The molecule has 1 aliphatic heterocycles. The highest BCUT2D eigenvalue weighted by Gasteiger charge is 2.27. The summed E-state index contributed by atoms with van der Waals surface area (Å²) in [7, 11) is 1.68. The van der Waals surface area contributed by atoms with Crippen molar-refractivity contribution in [3.8, 4) is 0 Å². The quantitative estimate of drug-likeness (QED) is 0.762. The highest BCUT2D eigenvalue weighted by molar-refractivity contribution is 5.87. The van der Waals surface area contributed by atoms with Gasteiger partial charge in [0.2, 0.25) is 11.8 Å². The molecule has 2 unspecified atom stereocenters. The van der Waals surface area contributed by atoms with Crippen molar-refractivity contribution < 1.29 is 9.59 Å². The average molecular weight is 255 g/mol. The van der Waals surface area contributed by atoms with E-state index < -0.39 is 0 Å². The van der Waals surface area contributed by atoms with Crippen LogP contribution in [-0.4, -0.2) is 48.9 Å². The molecule has 1 heterocycles. The number of hydrogen-bond acceptors (Lipinski definition) is 3. The first-order chi connectivity index (χ1) is 8.40. The lowest BCUT2D eigenvalue weighted by Gasteiger charge is -2.30. The summed E-state index contributed by atoms with van der Waals surface area (Å²) < 4.78 is 0. The molecule has 1 rings (SSSR count). The Morgan fingerprint density at radius 1 is 1.44 bits per heavy atom. The van der Waals surface area contributed by atoms with Crippen LogP contribution >= 0.6 is 0 Å². The summed E-state index contributed by atoms with van der Waals surface area (Å²) in [5.74, 6) is 0.475. The van der Waals surface area contributed by atoms with E-state index in [2.05, 4.69) is 17.6 Å². The van der Waals surface area contributed by atoms with Crippen molar-refractivity contribution >= 4 is 11.8 Å². The van der Waals surface area contributed by atoms with Crippen LogP contribution in [0.3, 0.4) is 0 Å². The van der Waals surface area contributed by atoms with Gasteiger partial charge in [-0.25, -0.2) is 0 Å². The van der Waals surface area contributed by atoms with Gasteiger partial charge < -0.3 is 15.5 Å². The minimum absolute atomic E-state index is 0.0143. The van der Waals surface area contributed by atoms with E-state index in [0.29, 0.717) is 5.92 Å². The van der Waals surface area contributed by atoms with Gasteiger partial charge in [-0.2, -0.15) is 0 Å². The zero-order chi connectivity index (χ0) is 13.7. The molecular formula is C13H25N3O2. The molecule has 18 heavy (non-hydrogen) atoms. The molecule has 1 saturated heterocycles. The molecule has 1 fully saturated rings. The van der Waals surface area contributed by atoms with E-state index in [1.165, 1.54) is 4.90 Å². The van der Waals surface area contributed by atoms with Gasteiger partial charge in [0.25, 0.3) is 0 Å². The average Bonchev–Trinajstić information content (AvgIpc) is 2.26. The Balaban J connectivity index is 2.43. The summed E-state index contributed by atoms with van der Waals surface area (Å²) in [5.41, 5.74) is 0. The molecule has 0 aromatic heterocycles. The van der Waals surface area contributed by atoms with E-state index >= 15 is 0 Å². The Labute approximate surface area is 109 Å². The third-order valence-electron chi connectivity index (χ3n) is 3.17. The first-order valence-electron chi connectivity index (χ1n) is 6.68. The Morgan fingerprint density at radius 2 is 2.11 bits per heavy atom. The second kappa shape index (κ2) is 6.73. The number of nitrogens with zero attached hydrogens (tertiary/aromatic N) is 1. The Hall–Kier alpha value is -1.10. The number of nitrogens with one attached hydrogen (secondary N) is 2. The van der Waals surface area contributed by atoms with Crippen molar-refractivity contribution in [3.05, 3.63) is 0 Å². The monoisotopic (exact) mass is 255 g/mol. The summed E-state index contributed by atoms with van der Waals surface area (Å²) in [6.45, 7) is 6.98. The molecule has 0 aromatic carbocycles. The van der Waals surface area contributed by atoms with Gasteiger partial charge >= 0.3 is 0 Å². The van der Waals surface area contributed by atoms with Crippen LogP contribution in [0.1, 0.15) is 33.6 Å². The molecule has 2 atom stereocenters.